The van der Waals surface area contributed by atoms with E-state index < -0.39 is 10.3 Å². The van der Waals surface area contributed by atoms with E-state index in [0.717, 1.165) is 19.3 Å². The van der Waals surface area contributed by atoms with Crippen molar-refractivity contribution in [1.82, 2.24) is 5.14 Å². The zero-order valence-corrected chi connectivity index (χ0v) is 14.6. The van der Waals surface area contributed by atoms with Crippen LogP contribution in [0.3, 0.4) is 0 Å². The normalized spacial score (nSPS) is 11.9. The highest BCUT2D eigenvalue weighted by Crippen LogP contribution is 2.12. The largest absolute Gasteiger partial charge is 0.349 e. The first-order valence-electron chi connectivity index (χ1n) is 8.70. The highest BCUT2D eigenvalue weighted by molar-refractivity contribution is 7.84. The van der Waals surface area contributed by atoms with Gasteiger partial charge in [-0.1, -0.05) is 90.4 Å². The summed E-state index contributed by atoms with van der Waals surface area (Å²) < 4.78 is 25.2. The fourth-order valence-electron chi connectivity index (χ4n) is 2.47. The van der Waals surface area contributed by atoms with Crippen molar-refractivity contribution in [3.63, 3.8) is 0 Å². The second-order valence-corrected chi connectivity index (χ2v) is 7.02. The van der Waals surface area contributed by atoms with E-state index in [9.17, 15) is 8.42 Å². The second-order valence-electron chi connectivity index (χ2n) is 5.87. The van der Waals surface area contributed by atoms with Crippen LogP contribution < -0.4 is 5.14 Å². The predicted molar refractivity (Wildman–Crippen MR) is 88.3 cm³/mol. The molecule has 4 nitrogen and oxygen atoms in total. The molecule has 0 aliphatic carbocycles. The molecule has 1 radical (unpaired) electrons. The Balaban J connectivity index is 3.03. The lowest BCUT2D eigenvalue weighted by atomic mass is 10.0. The molecule has 0 saturated carbocycles. The Labute approximate surface area is 132 Å². The van der Waals surface area contributed by atoms with Crippen LogP contribution in [-0.4, -0.2) is 15.0 Å². The molecule has 0 saturated heterocycles. The highest BCUT2D eigenvalue weighted by Gasteiger charge is 2.01. The van der Waals surface area contributed by atoms with Gasteiger partial charge in [0, 0.05) is 0 Å². The molecule has 5 heteroatoms. The summed E-state index contributed by atoms with van der Waals surface area (Å²) in [5.74, 6) is 0. The maximum absolute atomic E-state index is 10.4. The summed E-state index contributed by atoms with van der Waals surface area (Å²) in [6.45, 7) is 2.41. The van der Waals surface area contributed by atoms with Crippen molar-refractivity contribution in [2.24, 2.45) is 0 Å². The molecule has 0 unspecified atom stereocenters. The van der Waals surface area contributed by atoms with Crippen molar-refractivity contribution >= 4 is 10.3 Å². The first-order valence-corrected chi connectivity index (χ1v) is 10.1. The van der Waals surface area contributed by atoms with Gasteiger partial charge >= 0.3 is 10.3 Å². The molecule has 0 rings (SSSR count). The lowest BCUT2D eigenvalue weighted by molar-refractivity contribution is 0.305. The van der Waals surface area contributed by atoms with E-state index in [-0.39, 0.29) is 6.61 Å². The quantitative estimate of drug-likeness (QED) is 0.375. The zero-order chi connectivity index (χ0) is 15.8. The maximum atomic E-state index is 10.4. The van der Waals surface area contributed by atoms with E-state index in [4.69, 9.17) is 5.14 Å². The van der Waals surface area contributed by atoms with Gasteiger partial charge in [0.2, 0.25) is 0 Å². The van der Waals surface area contributed by atoms with Gasteiger partial charge < -0.3 is 0 Å². The van der Waals surface area contributed by atoms with E-state index in [1.165, 1.54) is 70.6 Å². The fraction of sp³-hybridized carbons (Fsp3) is 1.00. The average molecular weight is 321 g/mol. The Morgan fingerprint density at radius 3 is 1.33 bits per heavy atom. The third kappa shape index (κ3) is 19.9. The van der Waals surface area contributed by atoms with Gasteiger partial charge in [0.05, 0.1) is 6.61 Å². The first kappa shape index (κ1) is 20.9. The lowest BCUT2D eigenvalue weighted by Crippen LogP contribution is -2.06. The van der Waals surface area contributed by atoms with E-state index in [2.05, 4.69) is 11.1 Å². The third-order valence-electron chi connectivity index (χ3n) is 3.74. The van der Waals surface area contributed by atoms with Crippen LogP contribution in [0.25, 0.3) is 0 Å². The van der Waals surface area contributed by atoms with E-state index >= 15 is 0 Å². The number of unbranched alkanes of at least 4 members (excludes halogenated alkanes) is 13. The van der Waals surface area contributed by atoms with E-state index in [0.29, 0.717) is 0 Å². The van der Waals surface area contributed by atoms with Crippen LogP contribution >= 0.6 is 0 Å². The standard InChI is InChI=1S/C16H34NO3S/c1-2-3-4-5-6-7-8-9-10-11-12-13-14-15-16-20-21(17,18)19/h17H,2-16H2,1H3. The Kier molecular flexibility index (Phi) is 14.7. The van der Waals surface area contributed by atoms with Crippen LogP contribution in [0.1, 0.15) is 96.8 Å². The second kappa shape index (κ2) is 14.8. The van der Waals surface area contributed by atoms with Gasteiger partial charge in [-0.05, 0) is 6.42 Å². The van der Waals surface area contributed by atoms with Crippen molar-refractivity contribution in [3.05, 3.63) is 0 Å². The highest BCUT2D eigenvalue weighted by atomic mass is 32.2. The molecule has 0 aliphatic heterocycles. The minimum Gasteiger partial charge on any atom is -0.257 e. The summed E-state index contributed by atoms with van der Waals surface area (Å²) in [4.78, 5) is 0. The minimum absolute atomic E-state index is 0.157. The molecule has 0 heterocycles. The topological polar surface area (TPSA) is 67.2 Å². The van der Waals surface area contributed by atoms with E-state index in [1.54, 1.807) is 0 Å². The van der Waals surface area contributed by atoms with Gasteiger partial charge in [-0.25, -0.2) is 0 Å². The summed E-state index contributed by atoms with van der Waals surface area (Å²) in [5, 5.41) is 6.56. The zero-order valence-electron chi connectivity index (χ0n) is 13.7. The molecule has 127 valence electrons. The number of hydrogen-bond donors (Lipinski definition) is 0. The molecular formula is C16H34NO3S. The molecule has 0 aromatic heterocycles. The molecule has 1 N–H and O–H groups in total. The number of hydrogen-bond acceptors (Lipinski definition) is 3. The van der Waals surface area contributed by atoms with Gasteiger partial charge in [-0.15, -0.1) is 5.14 Å². The molecular weight excluding hydrogens is 286 g/mol. The van der Waals surface area contributed by atoms with Crippen molar-refractivity contribution in [2.45, 2.75) is 96.8 Å². The minimum atomic E-state index is -3.99. The van der Waals surface area contributed by atoms with Crippen LogP contribution in [-0.2, 0) is 14.5 Å². The average Bonchev–Trinajstić information content (AvgIpc) is 2.42. The Morgan fingerprint density at radius 1 is 0.667 bits per heavy atom. The molecule has 0 amide bonds. The van der Waals surface area contributed by atoms with Gasteiger partial charge in [0.15, 0.2) is 0 Å². The summed E-state index contributed by atoms with van der Waals surface area (Å²) in [6, 6.07) is 0. The Bertz CT molecular complexity index is 305. The Hall–Kier alpha value is -0.130. The van der Waals surface area contributed by atoms with Crippen molar-refractivity contribution in [3.8, 4) is 0 Å². The number of nitrogens with one attached hydrogen (secondary N) is 1. The van der Waals surface area contributed by atoms with Crippen LogP contribution in [0, 0.1) is 0 Å². The van der Waals surface area contributed by atoms with Gasteiger partial charge in [0.1, 0.15) is 0 Å². The van der Waals surface area contributed by atoms with Crippen molar-refractivity contribution in [2.75, 3.05) is 6.61 Å². The fourth-order valence-corrected chi connectivity index (χ4v) is 2.80. The summed E-state index contributed by atoms with van der Waals surface area (Å²) in [7, 11) is -3.99. The molecule has 0 atom stereocenters. The molecule has 0 aromatic rings. The molecule has 0 bridgehead atoms. The SMILES string of the molecule is CCCCCCCCCCCCCCCCOS([NH])(=O)=O. The van der Waals surface area contributed by atoms with E-state index in [1.807, 2.05) is 0 Å². The van der Waals surface area contributed by atoms with Gasteiger partial charge in [-0.3, -0.25) is 4.18 Å². The van der Waals surface area contributed by atoms with Crippen molar-refractivity contribution in [1.29, 1.82) is 0 Å². The summed E-state index contributed by atoms with van der Waals surface area (Å²) in [5.41, 5.74) is 0. The third-order valence-corrected chi connectivity index (χ3v) is 4.21. The molecule has 0 aromatic carbocycles. The summed E-state index contributed by atoms with van der Waals surface area (Å²) in [6.07, 6.45) is 17.7. The monoisotopic (exact) mass is 320 g/mol. The molecule has 21 heavy (non-hydrogen) atoms. The number of rotatable bonds is 16. The van der Waals surface area contributed by atoms with Crippen LogP contribution in [0.15, 0.2) is 0 Å². The lowest BCUT2D eigenvalue weighted by Gasteiger charge is -2.03. The Morgan fingerprint density at radius 2 is 1.00 bits per heavy atom. The first-order chi connectivity index (χ1) is 10.1. The molecule has 0 fully saturated rings. The van der Waals surface area contributed by atoms with Gasteiger partial charge in [0.25, 0.3) is 0 Å². The van der Waals surface area contributed by atoms with Crippen molar-refractivity contribution < 1.29 is 12.6 Å². The van der Waals surface area contributed by atoms with Gasteiger partial charge in [-0.2, -0.15) is 8.42 Å². The summed E-state index contributed by atoms with van der Waals surface area (Å²) >= 11 is 0. The predicted octanol–water partition coefficient (Wildman–Crippen LogP) is 5.01. The smallest absolute Gasteiger partial charge is 0.257 e. The van der Waals surface area contributed by atoms with Crippen LogP contribution in [0.4, 0.5) is 0 Å². The molecule has 0 aliphatic rings. The van der Waals surface area contributed by atoms with Crippen LogP contribution in [0.5, 0.6) is 0 Å². The maximum Gasteiger partial charge on any atom is 0.349 e. The molecule has 0 spiro atoms. The van der Waals surface area contributed by atoms with Crippen LogP contribution in [0.2, 0.25) is 0 Å².